The molecule has 1 N–H and O–H groups in total. The van der Waals surface area contributed by atoms with Crippen LogP contribution in [0.2, 0.25) is 5.02 Å². The Balaban J connectivity index is 1.50. The topological polar surface area (TPSA) is 24.5 Å². The number of halogens is 1. The maximum atomic E-state index is 6.50. The molecule has 4 rings (SSSR count). The van der Waals surface area contributed by atoms with Crippen molar-refractivity contribution in [3.63, 3.8) is 0 Å². The number of ether oxygens (including phenoxy) is 1. The summed E-state index contributed by atoms with van der Waals surface area (Å²) in [6, 6.07) is 12.4. The predicted octanol–water partition coefficient (Wildman–Crippen LogP) is 5.59. The fraction of sp³-hybridized carbons (Fsp3) is 0.455. The average Bonchev–Trinajstić information content (AvgIpc) is 2.62. The van der Waals surface area contributed by atoms with Crippen LogP contribution >= 0.6 is 11.6 Å². The fourth-order valence-electron chi connectivity index (χ4n) is 4.28. The zero-order chi connectivity index (χ0) is 18.1. The smallest absolute Gasteiger partial charge is 0.121 e. The lowest BCUT2D eigenvalue weighted by molar-refractivity contribution is 0.183. The molecule has 0 unspecified atom stereocenters. The van der Waals surface area contributed by atoms with E-state index in [0.717, 1.165) is 40.9 Å². The number of hydrogen-bond donors (Lipinski definition) is 1. The first-order valence-electron chi connectivity index (χ1n) is 9.61. The molecule has 0 aliphatic carbocycles. The maximum Gasteiger partial charge on any atom is 0.121 e. The SMILES string of the molecule is CC1(C)c2ccc(OCCN3CCCCC3)cc2Nc2cccc(Cl)c21. The molecule has 2 aliphatic heterocycles. The minimum absolute atomic E-state index is 0.138. The van der Waals surface area contributed by atoms with E-state index in [9.17, 15) is 0 Å². The molecule has 0 atom stereocenters. The molecule has 26 heavy (non-hydrogen) atoms. The number of rotatable bonds is 4. The van der Waals surface area contributed by atoms with Crippen molar-refractivity contribution in [3.8, 4) is 5.75 Å². The van der Waals surface area contributed by atoms with E-state index in [1.54, 1.807) is 0 Å². The van der Waals surface area contributed by atoms with Crippen LogP contribution in [0.3, 0.4) is 0 Å². The Morgan fingerprint density at radius 2 is 1.88 bits per heavy atom. The molecule has 4 heteroatoms. The predicted molar refractivity (Wildman–Crippen MR) is 109 cm³/mol. The molecule has 0 saturated carbocycles. The Kier molecular flexibility index (Phi) is 4.85. The van der Waals surface area contributed by atoms with Crippen LogP contribution in [-0.2, 0) is 5.41 Å². The first-order chi connectivity index (χ1) is 12.6. The van der Waals surface area contributed by atoms with Gasteiger partial charge < -0.3 is 10.1 Å². The third-order valence-corrected chi connectivity index (χ3v) is 6.01. The lowest BCUT2D eigenvalue weighted by atomic mass is 9.74. The fourth-order valence-corrected chi connectivity index (χ4v) is 4.69. The van der Waals surface area contributed by atoms with E-state index in [4.69, 9.17) is 16.3 Å². The van der Waals surface area contributed by atoms with Gasteiger partial charge in [-0.1, -0.05) is 44.0 Å². The van der Waals surface area contributed by atoms with Gasteiger partial charge in [-0.25, -0.2) is 0 Å². The summed E-state index contributed by atoms with van der Waals surface area (Å²) in [6.45, 7) is 8.63. The third kappa shape index (κ3) is 3.30. The standard InChI is InChI=1S/C22H27ClN2O/c1-22(2)17-10-9-16(26-14-13-25-11-4-3-5-12-25)15-20(17)24-19-8-6-7-18(23)21(19)22/h6-10,15,24H,3-5,11-14H2,1-2H3. The monoisotopic (exact) mass is 370 g/mol. The number of nitrogens with one attached hydrogen (secondary N) is 1. The Morgan fingerprint density at radius 3 is 2.69 bits per heavy atom. The maximum absolute atomic E-state index is 6.50. The van der Waals surface area contributed by atoms with Gasteiger partial charge in [-0.15, -0.1) is 0 Å². The van der Waals surface area contributed by atoms with Crippen LogP contribution in [0.25, 0.3) is 0 Å². The van der Waals surface area contributed by atoms with E-state index in [1.165, 1.54) is 37.9 Å². The van der Waals surface area contributed by atoms with Crippen molar-refractivity contribution in [1.29, 1.82) is 0 Å². The highest BCUT2D eigenvalue weighted by molar-refractivity contribution is 6.32. The van der Waals surface area contributed by atoms with Gasteiger partial charge in [-0.3, -0.25) is 4.90 Å². The Bertz CT molecular complexity index is 797. The van der Waals surface area contributed by atoms with Gasteiger partial charge in [0.2, 0.25) is 0 Å². The second-order valence-corrected chi connectivity index (χ2v) is 8.28. The molecule has 138 valence electrons. The van der Waals surface area contributed by atoms with E-state index in [0.29, 0.717) is 0 Å². The van der Waals surface area contributed by atoms with Crippen molar-refractivity contribution >= 4 is 23.0 Å². The van der Waals surface area contributed by atoms with Crippen molar-refractivity contribution < 1.29 is 4.74 Å². The van der Waals surface area contributed by atoms with Crippen LogP contribution in [0, 0.1) is 0 Å². The molecular weight excluding hydrogens is 344 g/mol. The molecule has 0 bridgehead atoms. The summed E-state index contributed by atoms with van der Waals surface area (Å²) in [7, 11) is 0. The van der Waals surface area contributed by atoms with E-state index in [-0.39, 0.29) is 5.41 Å². The molecule has 2 aromatic carbocycles. The lowest BCUT2D eigenvalue weighted by Crippen LogP contribution is -2.33. The van der Waals surface area contributed by atoms with Gasteiger partial charge in [0.05, 0.1) is 0 Å². The zero-order valence-corrected chi connectivity index (χ0v) is 16.4. The Labute approximate surface area is 161 Å². The number of nitrogens with zero attached hydrogens (tertiary/aromatic N) is 1. The number of fused-ring (bicyclic) bond motifs is 2. The average molecular weight is 371 g/mol. The summed E-state index contributed by atoms with van der Waals surface area (Å²) >= 11 is 6.50. The van der Waals surface area contributed by atoms with Crippen LogP contribution in [0.1, 0.15) is 44.2 Å². The molecule has 0 radical (unpaired) electrons. The van der Waals surface area contributed by atoms with E-state index in [2.05, 4.69) is 48.3 Å². The second kappa shape index (κ2) is 7.13. The summed E-state index contributed by atoms with van der Waals surface area (Å²) in [6.07, 6.45) is 4.01. The highest BCUT2D eigenvalue weighted by Gasteiger charge is 2.34. The molecule has 2 aliphatic rings. The molecule has 1 fully saturated rings. The van der Waals surface area contributed by atoms with Gasteiger partial charge in [0.15, 0.2) is 0 Å². The normalized spacial score (nSPS) is 18.6. The molecule has 1 saturated heterocycles. The quantitative estimate of drug-likeness (QED) is 0.759. The molecule has 0 amide bonds. The molecule has 2 heterocycles. The van der Waals surface area contributed by atoms with Gasteiger partial charge in [0.1, 0.15) is 12.4 Å². The van der Waals surface area contributed by atoms with Crippen molar-refractivity contribution in [2.24, 2.45) is 0 Å². The van der Waals surface area contributed by atoms with Gasteiger partial charge in [-0.05, 0) is 49.7 Å². The van der Waals surface area contributed by atoms with Crippen molar-refractivity contribution in [2.75, 3.05) is 31.6 Å². The lowest BCUT2D eigenvalue weighted by Gasteiger charge is -2.36. The van der Waals surface area contributed by atoms with Gasteiger partial charge in [0, 0.05) is 40.0 Å². The van der Waals surface area contributed by atoms with E-state index in [1.807, 2.05) is 12.1 Å². The minimum Gasteiger partial charge on any atom is -0.492 e. The first kappa shape index (κ1) is 17.7. The molecule has 0 aromatic heterocycles. The summed E-state index contributed by atoms with van der Waals surface area (Å²) in [5.41, 5.74) is 4.47. The number of benzene rings is 2. The first-order valence-corrected chi connectivity index (χ1v) is 9.99. The van der Waals surface area contributed by atoms with Gasteiger partial charge >= 0.3 is 0 Å². The van der Waals surface area contributed by atoms with Crippen molar-refractivity contribution in [3.05, 3.63) is 52.5 Å². The summed E-state index contributed by atoms with van der Waals surface area (Å²) < 4.78 is 6.05. The van der Waals surface area contributed by atoms with Crippen molar-refractivity contribution in [2.45, 2.75) is 38.5 Å². The Morgan fingerprint density at radius 1 is 1.08 bits per heavy atom. The van der Waals surface area contributed by atoms with Gasteiger partial charge in [-0.2, -0.15) is 0 Å². The summed E-state index contributed by atoms with van der Waals surface area (Å²) in [4.78, 5) is 2.50. The highest BCUT2D eigenvalue weighted by Crippen LogP contribution is 2.48. The van der Waals surface area contributed by atoms with Crippen LogP contribution in [0.5, 0.6) is 5.75 Å². The molecule has 0 spiro atoms. The number of likely N-dealkylation sites (tertiary alicyclic amines) is 1. The number of hydrogen-bond acceptors (Lipinski definition) is 3. The van der Waals surface area contributed by atoms with Crippen LogP contribution in [0.4, 0.5) is 11.4 Å². The summed E-state index contributed by atoms with van der Waals surface area (Å²) in [5, 5.41) is 4.35. The molecule has 3 nitrogen and oxygen atoms in total. The van der Waals surface area contributed by atoms with Crippen LogP contribution < -0.4 is 10.1 Å². The van der Waals surface area contributed by atoms with Gasteiger partial charge in [0.25, 0.3) is 0 Å². The molecule has 2 aromatic rings. The number of anilines is 2. The third-order valence-electron chi connectivity index (χ3n) is 5.70. The molecular formula is C22H27ClN2O. The highest BCUT2D eigenvalue weighted by atomic mass is 35.5. The van der Waals surface area contributed by atoms with Crippen LogP contribution in [-0.4, -0.2) is 31.1 Å². The minimum atomic E-state index is -0.138. The zero-order valence-electron chi connectivity index (χ0n) is 15.6. The van der Waals surface area contributed by atoms with E-state index < -0.39 is 0 Å². The van der Waals surface area contributed by atoms with E-state index >= 15 is 0 Å². The Hall–Kier alpha value is -1.71. The largest absolute Gasteiger partial charge is 0.492 e. The number of piperidine rings is 1. The second-order valence-electron chi connectivity index (χ2n) is 7.87. The van der Waals surface area contributed by atoms with Crippen LogP contribution in [0.15, 0.2) is 36.4 Å². The summed E-state index contributed by atoms with van der Waals surface area (Å²) in [5.74, 6) is 0.925. The van der Waals surface area contributed by atoms with Crippen molar-refractivity contribution in [1.82, 2.24) is 4.90 Å².